The van der Waals surface area contributed by atoms with Gasteiger partial charge in [-0.25, -0.2) is 9.38 Å². The van der Waals surface area contributed by atoms with E-state index in [0.717, 1.165) is 23.8 Å². The summed E-state index contributed by atoms with van der Waals surface area (Å²) in [6.45, 7) is 1.64. The molecule has 1 aromatic carbocycles. The normalized spacial score (nSPS) is 23.5. The lowest BCUT2D eigenvalue weighted by Crippen LogP contribution is -2.45. The van der Waals surface area contributed by atoms with Crippen LogP contribution in [0.2, 0.25) is 5.02 Å². The van der Waals surface area contributed by atoms with Crippen LogP contribution in [-0.4, -0.2) is 55.0 Å². The molecule has 4 N–H and O–H groups in total. The van der Waals surface area contributed by atoms with Crippen molar-refractivity contribution in [3.63, 3.8) is 0 Å². The molecule has 2 heterocycles. The number of halogens is 2. The molecule has 2 atom stereocenters. The Kier molecular flexibility index (Phi) is 5.03. The third kappa shape index (κ3) is 3.25. The molecular formula is C15H20ClFN6S. The number of nitrogens with two attached hydrogens (primary N) is 2. The standard InChI is InChI=1S/C15H20ClFN6S/c1-21(2)5-6-22-14-12(24-15(22)19)13(18)23(8-20-14)9-3-4-11(17)10(16)7-9/h3-4,7-8,13,15H,5-6,18-19H2,1-2H3. The van der Waals surface area contributed by atoms with E-state index in [1.54, 1.807) is 17.3 Å². The van der Waals surface area contributed by atoms with Crippen LogP contribution in [0.5, 0.6) is 0 Å². The van der Waals surface area contributed by atoms with Crippen molar-refractivity contribution in [3.8, 4) is 0 Å². The molecule has 2 unspecified atom stereocenters. The molecule has 0 fully saturated rings. The Morgan fingerprint density at radius 1 is 1.38 bits per heavy atom. The first-order valence-electron chi connectivity index (χ1n) is 7.49. The number of likely N-dealkylation sites (N-methyl/N-ethyl adjacent to an activating group) is 1. The molecule has 0 aliphatic carbocycles. The molecule has 0 bridgehead atoms. The van der Waals surface area contributed by atoms with Crippen molar-refractivity contribution < 1.29 is 4.39 Å². The lowest BCUT2D eigenvalue weighted by molar-refractivity contribution is 0.280. The molecule has 2 aliphatic heterocycles. The van der Waals surface area contributed by atoms with Gasteiger partial charge in [-0.1, -0.05) is 23.4 Å². The second-order valence-corrected chi connectivity index (χ2v) is 7.45. The van der Waals surface area contributed by atoms with E-state index in [-0.39, 0.29) is 10.5 Å². The van der Waals surface area contributed by atoms with Crippen LogP contribution < -0.4 is 16.4 Å². The SMILES string of the molecule is CN(C)CCN1C2=C(SC1N)C(N)N(c1ccc(F)c(Cl)c1)C=N2. The second kappa shape index (κ2) is 6.89. The van der Waals surface area contributed by atoms with E-state index in [0.29, 0.717) is 5.69 Å². The van der Waals surface area contributed by atoms with Gasteiger partial charge >= 0.3 is 0 Å². The summed E-state index contributed by atoms with van der Waals surface area (Å²) in [7, 11) is 4.03. The van der Waals surface area contributed by atoms with E-state index >= 15 is 0 Å². The number of hydrogen-bond acceptors (Lipinski definition) is 7. The molecular weight excluding hydrogens is 351 g/mol. The van der Waals surface area contributed by atoms with Crippen LogP contribution in [0.4, 0.5) is 10.1 Å². The van der Waals surface area contributed by atoms with Gasteiger partial charge in [-0.05, 0) is 32.3 Å². The fourth-order valence-corrected chi connectivity index (χ4v) is 3.87. The largest absolute Gasteiger partial charge is 0.330 e. The van der Waals surface area contributed by atoms with Gasteiger partial charge in [0.05, 0.1) is 16.3 Å². The minimum absolute atomic E-state index is 0.0521. The van der Waals surface area contributed by atoms with Crippen LogP contribution in [0.25, 0.3) is 0 Å². The van der Waals surface area contributed by atoms with Crippen molar-refractivity contribution in [1.29, 1.82) is 0 Å². The van der Waals surface area contributed by atoms with Gasteiger partial charge in [-0.2, -0.15) is 0 Å². The molecule has 24 heavy (non-hydrogen) atoms. The number of anilines is 1. The van der Waals surface area contributed by atoms with Crippen molar-refractivity contribution in [1.82, 2.24) is 9.80 Å². The highest BCUT2D eigenvalue weighted by molar-refractivity contribution is 8.03. The van der Waals surface area contributed by atoms with Crippen molar-refractivity contribution in [3.05, 3.63) is 39.8 Å². The van der Waals surface area contributed by atoms with Crippen LogP contribution in [0, 0.1) is 5.82 Å². The predicted molar refractivity (Wildman–Crippen MR) is 98.2 cm³/mol. The van der Waals surface area contributed by atoms with Gasteiger partial charge in [0.15, 0.2) is 0 Å². The molecule has 2 aliphatic rings. The summed E-state index contributed by atoms with van der Waals surface area (Å²) in [4.78, 5) is 11.3. The van der Waals surface area contributed by atoms with Crippen LogP contribution >= 0.6 is 23.4 Å². The van der Waals surface area contributed by atoms with Crippen molar-refractivity contribution in [2.24, 2.45) is 16.5 Å². The van der Waals surface area contributed by atoms with Gasteiger partial charge in [-0.15, -0.1) is 0 Å². The average molecular weight is 371 g/mol. The first kappa shape index (κ1) is 17.5. The van der Waals surface area contributed by atoms with E-state index in [9.17, 15) is 4.39 Å². The Bertz CT molecular complexity index is 695. The van der Waals surface area contributed by atoms with Crippen molar-refractivity contribution >= 4 is 35.4 Å². The molecule has 130 valence electrons. The molecule has 1 aromatic rings. The van der Waals surface area contributed by atoms with E-state index in [4.69, 9.17) is 23.1 Å². The number of rotatable bonds is 4. The van der Waals surface area contributed by atoms with Gasteiger partial charge in [0.1, 0.15) is 23.3 Å². The zero-order chi connectivity index (χ0) is 17.4. The summed E-state index contributed by atoms with van der Waals surface area (Å²) >= 11 is 7.37. The lowest BCUT2D eigenvalue weighted by Gasteiger charge is -2.31. The van der Waals surface area contributed by atoms with Gasteiger partial charge in [-0.3, -0.25) is 0 Å². The highest BCUT2D eigenvalue weighted by Crippen LogP contribution is 2.41. The van der Waals surface area contributed by atoms with Crippen molar-refractivity contribution in [2.45, 2.75) is 11.7 Å². The van der Waals surface area contributed by atoms with Crippen LogP contribution in [0.3, 0.4) is 0 Å². The van der Waals surface area contributed by atoms with Crippen LogP contribution in [0.15, 0.2) is 33.9 Å². The van der Waals surface area contributed by atoms with E-state index in [1.165, 1.54) is 23.9 Å². The molecule has 6 nitrogen and oxygen atoms in total. The summed E-state index contributed by atoms with van der Waals surface area (Å²) in [5.41, 5.74) is 13.1. The number of aliphatic imine (C=N–C) groups is 1. The van der Waals surface area contributed by atoms with Gasteiger partial charge in [0.25, 0.3) is 0 Å². The number of thioether (sulfide) groups is 1. The third-order valence-corrected chi connectivity index (χ3v) is 5.37. The maximum Gasteiger partial charge on any atom is 0.145 e. The zero-order valence-corrected chi connectivity index (χ0v) is 15.1. The third-order valence-electron chi connectivity index (χ3n) is 3.91. The Balaban J connectivity index is 1.83. The number of hydrogen-bond donors (Lipinski definition) is 2. The summed E-state index contributed by atoms with van der Waals surface area (Å²) < 4.78 is 13.4. The molecule has 0 saturated heterocycles. The fraction of sp³-hybridized carbons (Fsp3) is 0.400. The maximum absolute atomic E-state index is 13.4. The van der Waals surface area contributed by atoms with E-state index < -0.39 is 12.0 Å². The highest BCUT2D eigenvalue weighted by Gasteiger charge is 2.37. The molecule has 0 radical (unpaired) electrons. The fourth-order valence-electron chi connectivity index (χ4n) is 2.58. The first-order valence-corrected chi connectivity index (χ1v) is 8.75. The van der Waals surface area contributed by atoms with Crippen LogP contribution in [0.1, 0.15) is 0 Å². The Morgan fingerprint density at radius 3 is 2.79 bits per heavy atom. The average Bonchev–Trinajstić information content (AvgIpc) is 2.85. The molecule has 9 heteroatoms. The molecule has 0 aromatic heterocycles. The Hall–Kier alpha value is -1.32. The van der Waals surface area contributed by atoms with Gasteiger partial charge in [0, 0.05) is 18.8 Å². The minimum Gasteiger partial charge on any atom is -0.330 e. The second-order valence-electron chi connectivity index (χ2n) is 5.89. The van der Waals surface area contributed by atoms with E-state index in [1.807, 2.05) is 19.0 Å². The van der Waals surface area contributed by atoms with Crippen LogP contribution in [-0.2, 0) is 0 Å². The van der Waals surface area contributed by atoms with Crippen molar-refractivity contribution in [2.75, 3.05) is 32.1 Å². The predicted octanol–water partition coefficient (Wildman–Crippen LogP) is 1.63. The molecule has 0 amide bonds. The molecule has 0 saturated carbocycles. The zero-order valence-electron chi connectivity index (χ0n) is 13.5. The van der Waals surface area contributed by atoms with Gasteiger partial charge < -0.3 is 26.2 Å². The molecule has 0 spiro atoms. The van der Waals surface area contributed by atoms with E-state index in [2.05, 4.69) is 9.89 Å². The Morgan fingerprint density at radius 2 is 2.12 bits per heavy atom. The topological polar surface area (TPSA) is 74.1 Å². The quantitative estimate of drug-likeness (QED) is 0.839. The number of nitrogens with zero attached hydrogens (tertiary/aromatic N) is 4. The summed E-state index contributed by atoms with van der Waals surface area (Å²) in [6.07, 6.45) is 1.22. The maximum atomic E-state index is 13.4. The Labute approximate surface area is 149 Å². The smallest absolute Gasteiger partial charge is 0.145 e. The minimum atomic E-state index is -0.463. The van der Waals surface area contributed by atoms with Gasteiger partial charge in [0.2, 0.25) is 0 Å². The summed E-state index contributed by atoms with van der Waals surface area (Å²) in [5, 5.41) is 0.0521. The first-order chi connectivity index (χ1) is 11.4. The lowest BCUT2D eigenvalue weighted by atomic mass is 10.2. The highest BCUT2D eigenvalue weighted by atomic mass is 35.5. The monoisotopic (exact) mass is 370 g/mol. The molecule has 3 rings (SSSR count). The number of benzene rings is 1. The summed E-state index contributed by atoms with van der Waals surface area (Å²) in [6, 6.07) is 4.48. The summed E-state index contributed by atoms with van der Waals surface area (Å²) in [5.74, 6) is 0.348.